The van der Waals surface area contributed by atoms with Gasteiger partial charge in [0.25, 0.3) is 0 Å². The number of pyridine rings is 1. The van der Waals surface area contributed by atoms with Gasteiger partial charge < -0.3 is 14.6 Å². The monoisotopic (exact) mass is 379 g/mol. The van der Waals surface area contributed by atoms with Crippen LogP contribution in [0.15, 0.2) is 47.8 Å². The van der Waals surface area contributed by atoms with Gasteiger partial charge in [-0.25, -0.2) is 4.79 Å². The van der Waals surface area contributed by atoms with Gasteiger partial charge in [0.15, 0.2) is 0 Å². The van der Waals surface area contributed by atoms with Crippen molar-refractivity contribution in [2.75, 3.05) is 14.2 Å². The first-order valence-electron chi connectivity index (χ1n) is 8.34. The van der Waals surface area contributed by atoms with E-state index in [-0.39, 0.29) is 5.56 Å². The number of rotatable bonds is 5. The van der Waals surface area contributed by atoms with Gasteiger partial charge in [0.2, 0.25) is 0 Å². The number of hydrogen-bond donors (Lipinski definition) is 1. The molecule has 0 saturated heterocycles. The van der Waals surface area contributed by atoms with Gasteiger partial charge in [0.05, 0.1) is 31.0 Å². The fourth-order valence-corrected chi connectivity index (χ4v) is 4.17. The van der Waals surface area contributed by atoms with Crippen molar-refractivity contribution in [3.8, 4) is 11.5 Å². The van der Waals surface area contributed by atoms with Crippen LogP contribution < -0.4 is 9.47 Å². The van der Waals surface area contributed by atoms with Gasteiger partial charge in [0, 0.05) is 33.5 Å². The second kappa shape index (κ2) is 6.89. The quantitative estimate of drug-likeness (QED) is 0.542. The number of benzene rings is 2. The van der Waals surface area contributed by atoms with E-state index >= 15 is 0 Å². The van der Waals surface area contributed by atoms with E-state index in [4.69, 9.17) is 14.5 Å². The summed E-state index contributed by atoms with van der Waals surface area (Å²) in [4.78, 5) is 16.1. The molecule has 5 nitrogen and oxygen atoms in total. The fourth-order valence-electron chi connectivity index (χ4n) is 3.21. The van der Waals surface area contributed by atoms with Crippen LogP contribution in [0, 0.1) is 0 Å². The third-order valence-corrected chi connectivity index (χ3v) is 5.52. The Bertz CT molecular complexity index is 1170. The first kappa shape index (κ1) is 17.3. The predicted molar refractivity (Wildman–Crippen MR) is 106 cm³/mol. The molecule has 4 rings (SSSR count). The van der Waals surface area contributed by atoms with Crippen molar-refractivity contribution >= 4 is 38.3 Å². The van der Waals surface area contributed by atoms with Crippen molar-refractivity contribution in [1.82, 2.24) is 4.98 Å². The highest BCUT2D eigenvalue weighted by molar-refractivity contribution is 7.18. The van der Waals surface area contributed by atoms with Crippen LogP contribution in [0.4, 0.5) is 0 Å². The Balaban J connectivity index is 1.87. The molecule has 0 aliphatic rings. The molecule has 2 aromatic carbocycles. The lowest BCUT2D eigenvalue weighted by atomic mass is 10.0. The lowest BCUT2D eigenvalue weighted by molar-refractivity contribution is 0.0697. The number of aromatic carboxylic acids is 1. The zero-order chi connectivity index (χ0) is 19.0. The third-order valence-electron chi connectivity index (χ3n) is 4.57. The summed E-state index contributed by atoms with van der Waals surface area (Å²) >= 11 is 1.63. The molecular weight excluding hydrogens is 362 g/mol. The van der Waals surface area contributed by atoms with Crippen molar-refractivity contribution in [3.63, 3.8) is 0 Å². The van der Waals surface area contributed by atoms with E-state index in [1.165, 1.54) is 0 Å². The van der Waals surface area contributed by atoms with E-state index in [0.717, 1.165) is 38.2 Å². The molecule has 0 aliphatic carbocycles. The van der Waals surface area contributed by atoms with Gasteiger partial charge in [-0.3, -0.25) is 4.98 Å². The van der Waals surface area contributed by atoms with E-state index in [9.17, 15) is 9.90 Å². The maximum atomic E-state index is 11.3. The Kier molecular flexibility index (Phi) is 4.41. The van der Waals surface area contributed by atoms with Gasteiger partial charge in [-0.05, 0) is 29.6 Å². The number of fused-ring (bicyclic) bond motifs is 3. The number of carboxylic acids is 1. The second-order valence-electron chi connectivity index (χ2n) is 6.11. The Labute approximate surface area is 159 Å². The van der Waals surface area contributed by atoms with Crippen molar-refractivity contribution in [2.45, 2.75) is 6.42 Å². The smallest absolute Gasteiger partial charge is 0.335 e. The van der Waals surface area contributed by atoms with Gasteiger partial charge >= 0.3 is 5.97 Å². The van der Waals surface area contributed by atoms with Crippen molar-refractivity contribution in [2.24, 2.45) is 0 Å². The molecule has 2 aromatic heterocycles. The SMILES string of the molecule is COc1ccc(Cc2nc3cc(C(=O)O)ccc3c3sccc23)c(OC)c1. The Morgan fingerprint density at radius 2 is 1.93 bits per heavy atom. The molecule has 0 unspecified atom stereocenters. The van der Waals surface area contributed by atoms with Crippen molar-refractivity contribution in [3.05, 3.63) is 64.7 Å². The molecule has 4 aromatic rings. The molecule has 0 fully saturated rings. The van der Waals surface area contributed by atoms with Gasteiger partial charge in [0.1, 0.15) is 11.5 Å². The minimum absolute atomic E-state index is 0.235. The Hall–Kier alpha value is -3.12. The molecule has 1 N–H and O–H groups in total. The average Bonchev–Trinajstić information content (AvgIpc) is 3.18. The lowest BCUT2D eigenvalue weighted by Gasteiger charge is -2.12. The summed E-state index contributed by atoms with van der Waals surface area (Å²) in [6.07, 6.45) is 0.577. The largest absolute Gasteiger partial charge is 0.497 e. The third kappa shape index (κ3) is 3.08. The van der Waals surface area contributed by atoms with Crippen LogP contribution in [0.25, 0.3) is 21.0 Å². The van der Waals surface area contributed by atoms with E-state index in [0.29, 0.717) is 11.9 Å². The van der Waals surface area contributed by atoms with E-state index < -0.39 is 5.97 Å². The predicted octanol–water partition coefficient (Wildman–Crippen LogP) is 4.76. The number of ether oxygens (including phenoxy) is 2. The van der Waals surface area contributed by atoms with Crippen LogP contribution in [0.2, 0.25) is 0 Å². The number of carboxylic acid groups (broad SMARTS) is 1. The molecule has 6 heteroatoms. The van der Waals surface area contributed by atoms with Crippen LogP contribution in [0.3, 0.4) is 0 Å². The highest BCUT2D eigenvalue weighted by atomic mass is 32.1. The minimum atomic E-state index is -0.955. The number of methoxy groups -OCH3 is 2. The van der Waals surface area contributed by atoms with E-state index in [1.54, 1.807) is 37.7 Å². The average molecular weight is 379 g/mol. The lowest BCUT2D eigenvalue weighted by Crippen LogP contribution is -2.00. The highest BCUT2D eigenvalue weighted by Gasteiger charge is 2.14. The number of aromatic nitrogens is 1. The zero-order valence-electron chi connectivity index (χ0n) is 14.9. The molecule has 0 saturated carbocycles. The van der Waals surface area contributed by atoms with Gasteiger partial charge in [-0.15, -0.1) is 11.3 Å². The minimum Gasteiger partial charge on any atom is -0.497 e. The highest BCUT2D eigenvalue weighted by Crippen LogP contribution is 2.34. The summed E-state index contributed by atoms with van der Waals surface area (Å²) < 4.78 is 11.9. The maximum Gasteiger partial charge on any atom is 0.335 e. The molecule has 0 spiro atoms. The Morgan fingerprint density at radius 1 is 1.07 bits per heavy atom. The number of nitrogens with zero attached hydrogens (tertiary/aromatic N) is 1. The molecule has 0 aliphatic heterocycles. The number of carbonyl (C=O) groups is 1. The van der Waals surface area contributed by atoms with E-state index in [2.05, 4.69) is 6.07 Å². The fraction of sp³-hybridized carbons (Fsp3) is 0.143. The normalized spacial score (nSPS) is 11.0. The first-order valence-corrected chi connectivity index (χ1v) is 9.22. The molecule has 27 heavy (non-hydrogen) atoms. The molecule has 0 amide bonds. The molecule has 0 bridgehead atoms. The van der Waals surface area contributed by atoms with Gasteiger partial charge in [-0.2, -0.15) is 0 Å². The second-order valence-corrected chi connectivity index (χ2v) is 7.03. The van der Waals surface area contributed by atoms with Crippen molar-refractivity contribution in [1.29, 1.82) is 0 Å². The summed E-state index contributed by atoms with van der Waals surface area (Å²) in [6, 6.07) is 12.9. The van der Waals surface area contributed by atoms with Crippen LogP contribution >= 0.6 is 11.3 Å². The first-order chi connectivity index (χ1) is 13.1. The number of thiophene rings is 1. The van der Waals surface area contributed by atoms with Crippen LogP contribution in [0.1, 0.15) is 21.6 Å². The topological polar surface area (TPSA) is 68.7 Å². The van der Waals surface area contributed by atoms with Crippen LogP contribution in [0.5, 0.6) is 11.5 Å². The summed E-state index contributed by atoms with van der Waals surface area (Å²) in [7, 11) is 3.25. The summed E-state index contributed by atoms with van der Waals surface area (Å²) in [5.41, 5.74) is 2.81. The van der Waals surface area contributed by atoms with Gasteiger partial charge in [-0.1, -0.05) is 12.1 Å². The molecule has 2 heterocycles. The van der Waals surface area contributed by atoms with Crippen molar-refractivity contribution < 1.29 is 19.4 Å². The maximum absolute atomic E-state index is 11.3. The Morgan fingerprint density at radius 3 is 2.67 bits per heavy atom. The standard InChI is InChI=1S/C21H17NO4S/c1-25-14-5-3-12(19(11-14)26-2)9-17-16-7-8-27-20(16)15-6-4-13(21(23)24)10-18(15)22-17/h3-8,10-11H,9H2,1-2H3,(H,23,24). The summed E-state index contributed by atoms with van der Waals surface area (Å²) in [6.45, 7) is 0. The van der Waals surface area contributed by atoms with Crippen LogP contribution in [-0.4, -0.2) is 30.3 Å². The molecule has 0 radical (unpaired) electrons. The van der Waals surface area contributed by atoms with Crippen LogP contribution in [-0.2, 0) is 6.42 Å². The zero-order valence-corrected chi connectivity index (χ0v) is 15.7. The molecular formula is C21H17NO4S. The number of hydrogen-bond acceptors (Lipinski definition) is 5. The molecule has 0 atom stereocenters. The summed E-state index contributed by atoms with van der Waals surface area (Å²) in [5, 5.41) is 13.4. The molecule has 136 valence electrons. The van der Waals surface area contributed by atoms with E-state index in [1.807, 2.05) is 29.6 Å². The summed E-state index contributed by atoms with van der Waals surface area (Å²) in [5.74, 6) is 0.510.